The Morgan fingerprint density at radius 3 is 2.16 bits per heavy atom. The summed E-state index contributed by atoms with van der Waals surface area (Å²) >= 11 is 0. The highest BCUT2D eigenvalue weighted by molar-refractivity contribution is 6.45. The lowest BCUT2D eigenvalue weighted by Crippen LogP contribution is -2.37. The number of para-hydroxylation sites is 1. The Morgan fingerprint density at radius 1 is 0.742 bits per heavy atom. The van der Waals surface area contributed by atoms with Gasteiger partial charge in [-0.25, -0.2) is 13.7 Å². The number of hydrogen-bond acceptors (Lipinski definition) is 3. The van der Waals surface area contributed by atoms with E-state index in [4.69, 9.17) is 0 Å². The molecular weight excluding hydrogens is 398 g/mol. The van der Waals surface area contributed by atoms with Crippen LogP contribution >= 0.6 is 0 Å². The van der Waals surface area contributed by atoms with Gasteiger partial charge in [0.25, 0.3) is 11.8 Å². The lowest BCUT2D eigenvalue weighted by Gasteiger charge is -2.31. The topological polar surface area (TPSA) is 40.6 Å². The predicted molar refractivity (Wildman–Crippen MR) is 113 cm³/mol. The van der Waals surface area contributed by atoms with Crippen molar-refractivity contribution in [3.05, 3.63) is 107 Å². The first-order chi connectivity index (χ1) is 15.0. The van der Waals surface area contributed by atoms with Crippen LogP contribution in [0.2, 0.25) is 0 Å². The molecule has 2 amide bonds. The summed E-state index contributed by atoms with van der Waals surface area (Å²) in [5, 5.41) is 0. The highest BCUT2D eigenvalue weighted by Gasteiger charge is 2.43. The number of carbonyl (C=O) groups is 2. The SMILES string of the molecule is O=C1C(c2ccc(F)cc2)=C(N2CCc3ccccc3C2)C(=O)N1c1ccccc1F. The van der Waals surface area contributed by atoms with Crippen LogP contribution in [0.4, 0.5) is 14.5 Å². The molecule has 3 aromatic rings. The second-order valence-electron chi connectivity index (χ2n) is 7.57. The van der Waals surface area contributed by atoms with E-state index in [0.717, 1.165) is 16.9 Å². The molecule has 2 aliphatic heterocycles. The third-order valence-corrected chi connectivity index (χ3v) is 5.73. The minimum Gasteiger partial charge on any atom is -0.362 e. The zero-order chi connectivity index (χ0) is 21.5. The van der Waals surface area contributed by atoms with Gasteiger partial charge in [-0.2, -0.15) is 0 Å². The molecule has 0 N–H and O–H groups in total. The van der Waals surface area contributed by atoms with E-state index in [-0.39, 0.29) is 17.0 Å². The van der Waals surface area contributed by atoms with Gasteiger partial charge in [-0.05, 0) is 47.4 Å². The van der Waals surface area contributed by atoms with Crippen molar-refractivity contribution in [1.29, 1.82) is 0 Å². The van der Waals surface area contributed by atoms with E-state index in [2.05, 4.69) is 6.07 Å². The van der Waals surface area contributed by atoms with Crippen molar-refractivity contribution < 1.29 is 18.4 Å². The van der Waals surface area contributed by atoms with Crippen molar-refractivity contribution in [1.82, 2.24) is 4.90 Å². The molecule has 0 saturated heterocycles. The number of hydrogen-bond donors (Lipinski definition) is 0. The third kappa shape index (κ3) is 3.20. The quantitative estimate of drug-likeness (QED) is 0.598. The van der Waals surface area contributed by atoms with Gasteiger partial charge in [-0.15, -0.1) is 0 Å². The van der Waals surface area contributed by atoms with E-state index in [1.165, 1.54) is 48.0 Å². The molecule has 0 fully saturated rings. The Morgan fingerprint density at radius 2 is 1.42 bits per heavy atom. The van der Waals surface area contributed by atoms with Gasteiger partial charge in [-0.3, -0.25) is 9.59 Å². The van der Waals surface area contributed by atoms with Crippen LogP contribution in [-0.4, -0.2) is 23.3 Å². The van der Waals surface area contributed by atoms with Crippen LogP contribution in [0.15, 0.2) is 78.5 Å². The molecule has 0 bridgehead atoms. The molecule has 31 heavy (non-hydrogen) atoms. The Hall–Kier alpha value is -3.80. The van der Waals surface area contributed by atoms with Gasteiger partial charge >= 0.3 is 0 Å². The van der Waals surface area contributed by atoms with Gasteiger partial charge in [0, 0.05) is 13.1 Å². The van der Waals surface area contributed by atoms with E-state index >= 15 is 0 Å². The molecule has 0 aromatic heterocycles. The maximum absolute atomic E-state index is 14.5. The molecule has 2 heterocycles. The number of anilines is 1. The second-order valence-corrected chi connectivity index (χ2v) is 7.57. The molecule has 0 saturated carbocycles. The average Bonchev–Trinajstić information content (AvgIpc) is 3.04. The van der Waals surface area contributed by atoms with Crippen molar-refractivity contribution in [2.75, 3.05) is 11.4 Å². The van der Waals surface area contributed by atoms with Gasteiger partial charge < -0.3 is 4.90 Å². The maximum atomic E-state index is 14.5. The molecule has 3 aromatic carbocycles. The number of fused-ring (bicyclic) bond motifs is 1. The van der Waals surface area contributed by atoms with Gasteiger partial charge in [-0.1, -0.05) is 48.5 Å². The zero-order valence-electron chi connectivity index (χ0n) is 16.5. The number of nitrogens with zero attached hydrogens (tertiary/aromatic N) is 2. The molecule has 0 aliphatic carbocycles. The van der Waals surface area contributed by atoms with Gasteiger partial charge in [0.1, 0.15) is 17.3 Å². The fourth-order valence-electron chi connectivity index (χ4n) is 4.23. The van der Waals surface area contributed by atoms with Crippen molar-refractivity contribution in [3.63, 3.8) is 0 Å². The minimum absolute atomic E-state index is 0.0930. The first-order valence-corrected chi connectivity index (χ1v) is 10.00. The van der Waals surface area contributed by atoms with E-state index in [0.29, 0.717) is 18.7 Å². The van der Waals surface area contributed by atoms with E-state index < -0.39 is 23.4 Å². The van der Waals surface area contributed by atoms with E-state index in [1.807, 2.05) is 23.1 Å². The summed E-state index contributed by atoms with van der Waals surface area (Å²) in [6.07, 6.45) is 0.720. The van der Waals surface area contributed by atoms with Crippen LogP contribution in [0.1, 0.15) is 16.7 Å². The molecule has 0 atom stereocenters. The van der Waals surface area contributed by atoms with Gasteiger partial charge in [0.05, 0.1) is 11.3 Å². The molecule has 0 spiro atoms. The first-order valence-electron chi connectivity index (χ1n) is 10.00. The van der Waals surface area contributed by atoms with Crippen LogP contribution in [0.3, 0.4) is 0 Å². The van der Waals surface area contributed by atoms with Crippen molar-refractivity contribution >= 4 is 23.1 Å². The first kappa shape index (κ1) is 19.2. The van der Waals surface area contributed by atoms with Crippen LogP contribution in [0, 0.1) is 11.6 Å². The zero-order valence-corrected chi connectivity index (χ0v) is 16.5. The Balaban J connectivity index is 1.64. The number of amides is 2. The summed E-state index contributed by atoms with van der Waals surface area (Å²) in [6.45, 7) is 1.00. The van der Waals surface area contributed by atoms with Crippen molar-refractivity contribution in [3.8, 4) is 0 Å². The summed E-state index contributed by atoms with van der Waals surface area (Å²) in [5.74, 6) is -2.29. The summed E-state index contributed by atoms with van der Waals surface area (Å²) in [7, 11) is 0. The van der Waals surface area contributed by atoms with Crippen LogP contribution in [0.25, 0.3) is 5.57 Å². The number of rotatable bonds is 3. The molecule has 5 rings (SSSR count). The lowest BCUT2D eigenvalue weighted by atomic mass is 9.98. The number of benzene rings is 3. The fraction of sp³-hybridized carbons (Fsp3) is 0.120. The summed E-state index contributed by atoms with van der Waals surface area (Å²) < 4.78 is 28.0. The van der Waals surface area contributed by atoms with Crippen LogP contribution < -0.4 is 4.90 Å². The second kappa shape index (κ2) is 7.47. The normalized spacial score (nSPS) is 16.2. The highest BCUT2D eigenvalue weighted by atomic mass is 19.1. The van der Waals surface area contributed by atoms with E-state index in [9.17, 15) is 18.4 Å². The van der Waals surface area contributed by atoms with Crippen LogP contribution in [0.5, 0.6) is 0 Å². The molecule has 0 unspecified atom stereocenters. The third-order valence-electron chi connectivity index (χ3n) is 5.73. The summed E-state index contributed by atoms with van der Waals surface area (Å²) in [6, 6.07) is 19.1. The van der Waals surface area contributed by atoms with Crippen molar-refractivity contribution in [2.24, 2.45) is 0 Å². The number of carbonyl (C=O) groups excluding carboxylic acids is 2. The van der Waals surface area contributed by atoms with Crippen LogP contribution in [-0.2, 0) is 22.6 Å². The Bertz CT molecular complexity index is 1230. The largest absolute Gasteiger partial charge is 0.362 e. The van der Waals surface area contributed by atoms with Crippen molar-refractivity contribution in [2.45, 2.75) is 13.0 Å². The Kier molecular flexibility index (Phi) is 4.62. The molecule has 0 radical (unpaired) electrons. The van der Waals surface area contributed by atoms with Gasteiger partial charge in [0.15, 0.2) is 0 Å². The number of imide groups is 1. The molecule has 6 heteroatoms. The monoisotopic (exact) mass is 416 g/mol. The smallest absolute Gasteiger partial charge is 0.282 e. The molecule has 2 aliphatic rings. The molecule has 4 nitrogen and oxygen atoms in total. The molecule has 154 valence electrons. The molecular formula is C25H18F2N2O2. The summed E-state index contributed by atoms with van der Waals surface area (Å²) in [4.78, 5) is 29.7. The standard InChI is InChI=1S/C25H18F2N2O2/c26-19-11-9-17(10-12-19)22-23(28-14-13-16-5-1-2-6-18(16)15-28)25(31)29(24(22)30)21-8-4-3-7-20(21)27/h1-12H,13-15H2. The highest BCUT2D eigenvalue weighted by Crippen LogP contribution is 2.37. The summed E-state index contributed by atoms with van der Waals surface area (Å²) in [5.41, 5.74) is 2.98. The lowest BCUT2D eigenvalue weighted by molar-refractivity contribution is -0.120. The predicted octanol–water partition coefficient (Wildman–Crippen LogP) is 4.31. The van der Waals surface area contributed by atoms with Gasteiger partial charge in [0.2, 0.25) is 0 Å². The van der Waals surface area contributed by atoms with E-state index in [1.54, 1.807) is 6.07 Å². The maximum Gasteiger partial charge on any atom is 0.282 e. The fourth-order valence-corrected chi connectivity index (χ4v) is 4.23. The Labute approximate surface area is 178 Å². The number of halogens is 2. The average molecular weight is 416 g/mol. The minimum atomic E-state index is -0.659.